The SMILES string of the molecule is CN(CC1CCNCC1)c1ccc(Br)cc1[N+](=O)[O-]. The fourth-order valence-corrected chi connectivity index (χ4v) is 2.86. The van der Waals surface area contributed by atoms with Gasteiger partial charge in [0.15, 0.2) is 0 Å². The van der Waals surface area contributed by atoms with Crippen molar-refractivity contribution in [3.05, 3.63) is 32.8 Å². The molecule has 6 heteroatoms. The van der Waals surface area contributed by atoms with Crippen LogP contribution in [0.4, 0.5) is 11.4 Å². The number of rotatable bonds is 4. The Morgan fingerprint density at radius 3 is 2.79 bits per heavy atom. The minimum Gasteiger partial charge on any atom is -0.369 e. The number of nitrogens with one attached hydrogen (secondary N) is 1. The quantitative estimate of drug-likeness (QED) is 0.682. The minimum atomic E-state index is -0.320. The maximum absolute atomic E-state index is 11.1. The van der Waals surface area contributed by atoms with Crippen LogP contribution in [0, 0.1) is 16.0 Å². The lowest BCUT2D eigenvalue weighted by molar-refractivity contribution is -0.384. The minimum absolute atomic E-state index is 0.158. The zero-order valence-electron chi connectivity index (χ0n) is 10.9. The highest BCUT2D eigenvalue weighted by atomic mass is 79.9. The Balaban J connectivity index is 2.13. The molecular formula is C13H18BrN3O2. The van der Waals surface area contributed by atoms with E-state index in [9.17, 15) is 10.1 Å². The highest BCUT2D eigenvalue weighted by Crippen LogP contribution is 2.31. The second-order valence-corrected chi connectivity index (χ2v) is 5.88. The van der Waals surface area contributed by atoms with E-state index in [2.05, 4.69) is 21.2 Å². The van der Waals surface area contributed by atoms with Gasteiger partial charge in [0.1, 0.15) is 5.69 Å². The average molecular weight is 328 g/mol. The first-order valence-corrected chi connectivity index (χ1v) is 7.23. The van der Waals surface area contributed by atoms with Crippen LogP contribution in [0.3, 0.4) is 0 Å². The number of nitrogens with zero attached hydrogens (tertiary/aromatic N) is 2. The second kappa shape index (κ2) is 6.34. The largest absolute Gasteiger partial charge is 0.369 e. The van der Waals surface area contributed by atoms with Crippen molar-refractivity contribution >= 4 is 27.3 Å². The van der Waals surface area contributed by atoms with Gasteiger partial charge in [-0.2, -0.15) is 0 Å². The van der Waals surface area contributed by atoms with E-state index in [4.69, 9.17) is 0 Å². The zero-order valence-corrected chi connectivity index (χ0v) is 12.5. The second-order valence-electron chi connectivity index (χ2n) is 4.96. The van der Waals surface area contributed by atoms with Crippen molar-refractivity contribution in [1.29, 1.82) is 0 Å². The van der Waals surface area contributed by atoms with Gasteiger partial charge in [-0.3, -0.25) is 10.1 Å². The van der Waals surface area contributed by atoms with Crippen LogP contribution in [-0.2, 0) is 0 Å². The van der Waals surface area contributed by atoms with Gasteiger partial charge in [-0.05, 0) is 44.0 Å². The molecule has 0 radical (unpaired) electrons. The molecule has 0 spiro atoms. The lowest BCUT2D eigenvalue weighted by Gasteiger charge is -2.28. The number of hydrogen-bond donors (Lipinski definition) is 1. The van der Waals surface area contributed by atoms with Gasteiger partial charge in [-0.25, -0.2) is 0 Å². The van der Waals surface area contributed by atoms with Crippen LogP contribution >= 0.6 is 15.9 Å². The van der Waals surface area contributed by atoms with E-state index in [1.165, 1.54) is 0 Å². The normalized spacial score (nSPS) is 16.3. The van der Waals surface area contributed by atoms with E-state index in [0.717, 1.165) is 36.9 Å². The van der Waals surface area contributed by atoms with Crippen LogP contribution in [-0.4, -0.2) is 31.6 Å². The van der Waals surface area contributed by atoms with Crippen LogP contribution in [0.5, 0.6) is 0 Å². The van der Waals surface area contributed by atoms with E-state index in [-0.39, 0.29) is 10.6 Å². The van der Waals surface area contributed by atoms with E-state index in [1.807, 2.05) is 24.1 Å². The van der Waals surface area contributed by atoms with Crippen molar-refractivity contribution in [1.82, 2.24) is 5.32 Å². The summed E-state index contributed by atoms with van der Waals surface area (Å²) in [7, 11) is 1.93. The van der Waals surface area contributed by atoms with Crippen molar-refractivity contribution in [2.75, 3.05) is 31.6 Å². The molecule has 0 unspecified atom stereocenters. The van der Waals surface area contributed by atoms with Gasteiger partial charge < -0.3 is 10.2 Å². The summed E-state index contributed by atoms with van der Waals surface area (Å²) in [6.07, 6.45) is 2.27. The molecule has 1 fully saturated rings. The molecule has 0 aliphatic carbocycles. The molecule has 0 aromatic heterocycles. The fourth-order valence-electron chi connectivity index (χ4n) is 2.52. The number of nitro benzene ring substituents is 1. The summed E-state index contributed by atoms with van der Waals surface area (Å²) in [6, 6.07) is 5.22. The molecule has 104 valence electrons. The molecule has 5 nitrogen and oxygen atoms in total. The van der Waals surface area contributed by atoms with E-state index >= 15 is 0 Å². The first-order chi connectivity index (χ1) is 9.08. The van der Waals surface area contributed by atoms with Crippen LogP contribution in [0.1, 0.15) is 12.8 Å². The van der Waals surface area contributed by atoms with Crippen LogP contribution in [0.2, 0.25) is 0 Å². The molecule has 19 heavy (non-hydrogen) atoms. The van der Waals surface area contributed by atoms with Crippen molar-refractivity contribution in [2.45, 2.75) is 12.8 Å². The molecule has 1 saturated heterocycles. The summed E-state index contributed by atoms with van der Waals surface area (Å²) >= 11 is 3.28. The number of anilines is 1. The standard InChI is InChI=1S/C13H18BrN3O2/c1-16(9-10-4-6-15-7-5-10)12-3-2-11(14)8-13(12)17(18)19/h2-3,8,10,15H,4-7,9H2,1H3. The van der Waals surface area contributed by atoms with Gasteiger partial charge in [-0.15, -0.1) is 0 Å². The van der Waals surface area contributed by atoms with Gasteiger partial charge in [0.2, 0.25) is 0 Å². The molecule has 0 saturated carbocycles. The molecule has 0 atom stereocenters. The van der Waals surface area contributed by atoms with Crippen LogP contribution in [0.15, 0.2) is 22.7 Å². The first-order valence-electron chi connectivity index (χ1n) is 6.43. The van der Waals surface area contributed by atoms with E-state index in [1.54, 1.807) is 6.07 Å². The third-order valence-corrected chi connectivity index (χ3v) is 4.03. The summed E-state index contributed by atoms with van der Waals surface area (Å²) in [4.78, 5) is 12.8. The highest BCUT2D eigenvalue weighted by Gasteiger charge is 2.21. The van der Waals surface area contributed by atoms with Crippen molar-refractivity contribution < 1.29 is 4.92 Å². The Bertz CT molecular complexity index is 461. The van der Waals surface area contributed by atoms with Gasteiger partial charge in [0, 0.05) is 24.1 Å². The predicted molar refractivity (Wildman–Crippen MR) is 79.7 cm³/mol. The molecule has 1 aromatic rings. The fraction of sp³-hybridized carbons (Fsp3) is 0.538. The summed E-state index contributed by atoms with van der Waals surface area (Å²) in [6.45, 7) is 2.95. The molecule has 2 rings (SSSR count). The van der Waals surface area contributed by atoms with E-state index in [0.29, 0.717) is 11.6 Å². The third-order valence-electron chi connectivity index (χ3n) is 3.54. The first kappa shape index (κ1) is 14.3. The molecule has 1 aliphatic heterocycles. The third kappa shape index (κ3) is 3.67. The van der Waals surface area contributed by atoms with Gasteiger partial charge >= 0.3 is 0 Å². The van der Waals surface area contributed by atoms with Gasteiger partial charge in [-0.1, -0.05) is 15.9 Å². The smallest absolute Gasteiger partial charge is 0.293 e. The summed E-state index contributed by atoms with van der Waals surface area (Å²) < 4.78 is 0.734. The Labute approximate surface area is 121 Å². The number of piperidine rings is 1. The lowest BCUT2D eigenvalue weighted by Crippen LogP contribution is -2.34. The Kier molecular flexibility index (Phi) is 4.76. The van der Waals surface area contributed by atoms with Gasteiger partial charge in [0.05, 0.1) is 4.92 Å². The molecule has 0 amide bonds. The maximum atomic E-state index is 11.1. The number of hydrogen-bond acceptors (Lipinski definition) is 4. The topological polar surface area (TPSA) is 58.4 Å². The number of benzene rings is 1. The monoisotopic (exact) mass is 327 g/mol. The molecule has 0 bridgehead atoms. The zero-order chi connectivity index (χ0) is 13.8. The Hall–Kier alpha value is -1.14. The Morgan fingerprint density at radius 2 is 2.16 bits per heavy atom. The lowest BCUT2D eigenvalue weighted by atomic mass is 9.97. The highest BCUT2D eigenvalue weighted by molar-refractivity contribution is 9.10. The van der Waals surface area contributed by atoms with Crippen LogP contribution in [0.25, 0.3) is 0 Å². The summed E-state index contributed by atoms with van der Waals surface area (Å²) in [5.74, 6) is 0.606. The average Bonchev–Trinajstić information content (AvgIpc) is 2.39. The molecule has 1 aromatic carbocycles. The summed E-state index contributed by atoms with van der Waals surface area (Å²) in [5.41, 5.74) is 0.845. The summed E-state index contributed by atoms with van der Waals surface area (Å²) in [5, 5.41) is 14.5. The molecule has 1 N–H and O–H groups in total. The maximum Gasteiger partial charge on any atom is 0.293 e. The number of nitro groups is 1. The molecule has 1 aliphatic rings. The number of halogens is 1. The van der Waals surface area contributed by atoms with Gasteiger partial charge in [0.25, 0.3) is 5.69 Å². The van der Waals surface area contributed by atoms with E-state index < -0.39 is 0 Å². The predicted octanol–water partition coefficient (Wildman–Crippen LogP) is 2.79. The Morgan fingerprint density at radius 1 is 1.47 bits per heavy atom. The van der Waals surface area contributed by atoms with Crippen molar-refractivity contribution in [2.24, 2.45) is 5.92 Å². The van der Waals surface area contributed by atoms with Crippen molar-refractivity contribution in [3.63, 3.8) is 0 Å². The molecule has 1 heterocycles. The van der Waals surface area contributed by atoms with Crippen molar-refractivity contribution in [3.8, 4) is 0 Å². The molecular weight excluding hydrogens is 310 g/mol. The van der Waals surface area contributed by atoms with Crippen LogP contribution < -0.4 is 10.2 Å².